The van der Waals surface area contributed by atoms with Gasteiger partial charge in [-0.3, -0.25) is 13.9 Å². The smallest absolute Gasteiger partial charge is 0.260 e. The molecule has 0 fully saturated rings. The molecule has 0 saturated carbocycles. The lowest BCUT2D eigenvalue weighted by Crippen LogP contribution is -2.09. The van der Waals surface area contributed by atoms with E-state index in [1.165, 1.54) is 10.0 Å². The normalized spacial score (nSPS) is 10.2. The first-order valence-corrected chi connectivity index (χ1v) is 4.08. The van der Waals surface area contributed by atoms with Crippen molar-refractivity contribution < 1.29 is 0 Å². The average molecular weight is 193 g/mol. The topological polar surface area (TPSA) is 50.7 Å². The van der Waals surface area contributed by atoms with Gasteiger partial charge in [-0.05, 0) is 6.07 Å². The third kappa shape index (κ3) is 1.50. The molecule has 5 heteroatoms. The van der Waals surface area contributed by atoms with Crippen molar-refractivity contribution in [1.29, 1.82) is 0 Å². The lowest BCUT2D eigenvalue weighted by Gasteiger charge is -1.98. The van der Waals surface area contributed by atoms with Crippen molar-refractivity contribution in [3.8, 4) is 11.1 Å². The standard InChI is InChI=1S/C8H7N3OS/c12-8-2-1-6(5-11(8)13)7-3-9-10-4-7/h1-5,13H,(H,9,10). The van der Waals surface area contributed by atoms with E-state index in [9.17, 15) is 4.79 Å². The quantitative estimate of drug-likeness (QED) is 0.662. The molecule has 2 aromatic heterocycles. The Morgan fingerprint density at radius 3 is 2.85 bits per heavy atom. The molecule has 0 amide bonds. The molecule has 2 aromatic rings. The number of hydrogen-bond donors (Lipinski definition) is 2. The molecule has 0 aliphatic rings. The van der Waals surface area contributed by atoms with Crippen molar-refractivity contribution in [2.45, 2.75) is 0 Å². The van der Waals surface area contributed by atoms with Gasteiger partial charge in [-0.25, -0.2) is 0 Å². The number of nitrogens with one attached hydrogen (secondary N) is 1. The molecule has 0 atom stereocenters. The van der Waals surface area contributed by atoms with Gasteiger partial charge in [0.2, 0.25) is 0 Å². The van der Waals surface area contributed by atoms with Crippen LogP contribution in [-0.2, 0) is 0 Å². The predicted molar refractivity (Wildman–Crippen MR) is 52.7 cm³/mol. The van der Waals surface area contributed by atoms with Crippen molar-refractivity contribution in [3.63, 3.8) is 0 Å². The fraction of sp³-hybridized carbons (Fsp3) is 0. The summed E-state index contributed by atoms with van der Waals surface area (Å²) in [5.74, 6) is 0. The summed E-state index contributed by atoms with van der Waals surface area (Å²) in [4.78, 5) is 11.0. The summed E-state index contributed by atoms with van der Waals surface area (Å²) in [6, 6.07) is 3.20. The Hall–Kier alpha value is -1.49. The molecule has 2 heterocycles. The first kappa shape index (κ1) is 8.12. The van der Waals surface area contributed by atoms with Crippen LogP contribution in [0.5, 0.6) is 0 Å². The zero-order chi connectivity index (χ0) is 9.26. The number of thiol groups is 1. The number of pyridine rings is 1. The highest BCUT2D eigenvalue weighted by Gasteiger charge is 1.99. The lowest BCUT2D eigenvalue weighted by atomic mass is 10.2. The molecule has 0 spiro atoms. The largest absolute Gasteiger partial charge is 0.285 e. The van der Waals surface area contributed by atoms with Gasteiger partial charge in [0, 0.05) is 29.6 Å². The Morgan fingerprint density at radius 1 is 1.38 bits per heavy atom. The Labute approximate surface area is 79.8 Å². The van der Waals surface area contributed by atoms with Crippen molar-refractivity contribution >= 4 is 12.8 Å². The van der Waals surface area contributed by atoms with E-state index >= 15 is 0 Å². The van der Waals surface area contributed by atoms with Gasteiger partial charge in [0.15, 0.2) is 0 Å². The maximum atomic E-state index is 11.0. The number of aromatic nitrogens is 3. The molecule has 0 aromatic carbocycles. The molecule has 4 nitrogen and oxygen atoms in total. The second-order valence-corrected chi connectivity index (χ2v) is 3.02. The lowest BCUT2D eigenvalue weighted by molar-refractivity contribution is 1.09. The molecule has 0 unspecified atom stereocenters. The average Bonchev–Trinajstić information content (AvgIpc) is 2.62. The first-order chi connectivity index (χ1) is 6.27. The molecule has 0 bridgehead atoms. The SMILES string of the molecule is O=c1ccc(-c2cn[nH]c2)cn1S. The Kier molecular flexibility index (Phi) is 1.94. The summed E-state index contributed by atoms with van der Waals surface area (Å²) in [7, 11) is 0. The monoisotopic (exact) mass is 193 g/mol. The third-order valence-corrected chi connectivity index (χ3v) is 2.04. The van der Waals surface area contributed by atoms with E-state index < -0.39 is 0 Å². The van der Waals surface area contributed by atoms with Crippen molar-refractivity contribution in [3.05, 3.63) is 41.1 Å². The highest BCUT2D eigenvalue weighted by Crippen LogP contribution is 2.15. The van der Waals surface area contributed by atoms with Gasteiger partial charge in [-0.2, -0.15) is 5.10 Å². The van der Waals surface area contributed by atoms with E-state index in [4.69, 9.17) is 0 Å². The number of aromatic amines is 1. The minimum atomic E-state index is -0.143. The van der Waals surface area contributed by atoms with E-state index in [0.29, 0.717) is 0 Å². The van der Waals surface area contributed by atoms with Crippen LogP contribution < -0.4 is 5.56 Å². The minimum absolute atomic E-state index is 0.143. The van der Waals surface area contributed by atoms with Gasteiger partial charge < -0.3 is 0 Å². The molecule has 66 valence electrons. The zero-order valence-electron chi connectivity index (χ0n) is 6.64. The number of rotatable bonds is 1. The number of H-pyrrole nitrogens is 1. The molecule has 13 heavy (non-hydrogen) atoms. The molecule has 0 saturated heterocycles. The van der Waals surface area contributed by atoms with Gasteiger partial charge in [0.05, 0.1) is 6.20 Å². The summed E-state index contributed by atoms with van der Waals surface area (Å²) >= 11 is 3.97. The summed E-state index contributed by atoms with van der Waals surface area (Å²) < 4.78 is 1.24. The van der Waals surface area contributed by atoms with Crippen LogP contribution in [0.3, 0.4) is 0 Å². The van der Waals surface area contributed by atoms with Crippen LogP contribution in [0.1, 0.15) is 0 Å². The summed E-state index contributed by atoms with van der Waals surface area (Å²) in [5, 5.41) is 6.51. The number of nitrogens with zero attached hydrogens (tertiary/aromatic N) is 2. The van der Waals surface area contributed by atoms with Crippen molar-refractivity contribution in [2.75, 3.05) is 0 Å². The predicted octanol–water partition coefficient (Wildman–Crippen LogP) is 0.931. The van der Waals surface area contributed by atoms with Gasteiger partial charge in [0.25, 0.3) is 5.56 Å². The second kappa shape index (κ2) is 3.10. The molecule has 0 radical (unpaired) electrons. The Balaban J connectivity index is 2.55. The Morgan fingerprint density at radius 2 is 2.23 bits per heavy atom. The van der Waals surface area contributed by atoms with E-state index in [0.717, 1.165) is 11.1 Å². The van der Waals surface area contributed by atoms with Crippen molar-refractivity contribution in [2.24, 2.45) is 0 Å². The van der Waals surface area contributed by atoms with Crippen LogP contribution in [0, 0.1) is 0 Å². The zero-order valence-corrected chi connectivity index (χ0v) is 7.53. The number of hydrogen-bond acceptors (Lipinski definition) is 3. The van der Waals surface area contributed by atoms with E-state index in [-0.39, 0.29) is 5.56 Å². The van der Waals surface area contributed by atoms with Crippen LogP contribution in [0.25, 0.3) is 11.1 Å². The highest BCUT2D eigenvalue weighted by molar-refractivity contribution is 7.78. The Bertz CT molecular complexity index is 460. The maximum absolute atomic E-state index is 11.0. The van der Waals surface area contributed by atoms with Gasteiger partial charge in [0.1, 0.15) is 0 Å². The summed E-state index contributed by atoms with van der Waals surface area (Å²) in [6.45, 7) is 0. The summed E-state index contributed by atoms with van der Waals surface area (Å²) in [6.07, 6.45) is 5.09. The second-order valence-electron chi connectivity index (χ2n) is 2.59. The van der Waals surface area contributed by atoms with Gasteiger partial charge >= 0.3 is 0 Å². The van der Waals surface area contributed by atoms with Crippen molar-refractivity contribution in [1.82, 2.24) is 14.2 Å². The molecular weight excluding hydrogens is 186 g/mol. The molecule has 0 aliphatic carbocycles. The van der Waals surface area contributed by atoms with Crippen LogP contribution in [-0.4, -0.2) is 14.2 Å². The van der Waals surface area contributed by atoms with Gasteiger partial charge in [-0.1, -0.05) is 12.8 Å². The molecule has 2 rings (SSSR count). The minimum Gasteiger partial charge on any atom is -0.285 e. The van der Waals surface area contributed by atoms with Crippen LogP contribution in [0.4, 0.5) is 0 Å². The fourth-order valence-corrected chi connectivity index (χ4v) is 1.25. The third-order valence-electron chi connectivity index (χ3n) is 1.72. The highest BCUT2D eigenvalue weighted by atomic mass is 32.1. The fourth-order valence-electron chi connectivity index (χ4n) is 1.06. The molecule has 0 aliphatic heterocycles. The van der Waals surface area contributed by atoms with E-state index in [1.54, 1.807) is 24.7 Å². The molecule has 1 N–H and O–H groups in total. The van der Waals surface area contributed by atoms with E-state index in [1.807, 2.05) is 0 Å². The van der Waals surface area contributed by atoms with Crippen LogP contribution in [0.2, 0.25) is 0 Å². The maximum Gasteiger partial charge on any atom is 0.260 e. The van der Waals surface area contributed by atoms with Gasteiger partial charge in [-0.15, -0.1) is 0 Å². The van der Waals surface area contributed by atoms with Crippen LogP contribution in [0.15, 0.2) is 35.5 Å². The van der Waals surface area contributed by atoms with Crippen LogP contribution >= 0.6 is 12.8 Å². The van der Waals surface area contributed by atoms with E-state index in [2.05, 4.69) is 23.0 Å². The summed E-state index contributed by atoms with van der Waals surface area (Å²) in [5.41, 5.74) is 1.70. The molecular formula is C8H7N3OS. The first-order valence-electron chi connectivity index (χ1n) is 3.68.